The van der Waals surface area contributed by atoms with Crippen LogP contribution in [-0.2, 0) is 11.2 Å². The highest BCUT2D eigenvalue weighted by molar-refractivity contribution is 5.59. The number of nitriles is 1. The third-order valence-corrected chi connectivity index (χ3v) is 3.79. The zero-order valence-corrected chi connectivity index (χ0v) is 11.8. The molecule has 1 aromatic rings. The molecule has 1 aliphatic rings. The molecule has 20 heavy (non-hydrogen) atoms. The fourth-order valence-electron chi connectivity index (χ4n) is 2.51. The second-order valence-corrected chi connectivity index (χ2v) is 5.41. The van der Waals surface area contributed by atoms with Gasteiger partial charge in [-0.3, -0.25) is 0 Å². The molecule has 0 bridgehead atoms. The predicted molar refractivity (Wildman–Crippen MR) is 78.4 cm³/mol. The van der Waals surface area contributed by atoms with Crippen LogP contribution in [0.1, 0.15) is 18.4 Å². The summed E-state index contributed by atoms with van der Waals surface area (Å²) in [6.07, 6.45) is 1.60. The second kappa shape index (κ2) is 6.12. The number of hydrogen-bond acceptors (Lipinski definition) is 5. The summed E-state index contributed by atoms with van der Waals surface area (Å²) in [7, 11) is 1.94. The summed E-state index contributed by atoms with van der Waals surface area (Å²) in [6.45, 7) is 1.75. The van der Waals surface area contributed by atoms with E-state index in [0.29, 0.717) is 44.7 Å². The van der Waals surface area contributed by atoms with E-state index in [1.165, 1.54) is 0 Å². The Labute approximate surface area is 119 Å². The lowest BCUT2D eigenvalue weighted by Crippen LogP contribution is -2.45. The Morgan fingerprint density at radius 2 is 2.15 bits per heavy atom. The SMILES string of the molecule is CN(CC1(O)CCOCC1)c1ccc(N)c(CC#N)c1. The van der Waals surface area contributed by atoms with Crippen LogP contribution in [-0.4, -0.2) is 37.5 Å². The van der Waals surface area contributed by atoms with Crippen LogP contribution >= 0.6 is 0 Å². The Balaban J connectivity index is 2.10. The quantitative estimate of drug-likeness (QED) is 0.810. The molecule has 0 saturated carbocycles. The van der Waals surface area contributed by atoms with Crippen molar-refractivity contribution in [3.8, 4) is 6.07 Å². The summed E-state index contributed by atoms with van der Waals surface area (Å²) in [5.41, 5.74) is 7.57. The van der Waals surface area contributed by atoms with Crippen molar-refractivity contribution in [3.63, 3.8) is 0 Å². The van der Waals surface area contributed by atoms with E-state index < -0.39 is 5.60 Å². The van der Waals surface area contributed by atoms with Gasteiger partial charge in [0, 0.05) is 51.0 Å². The molecule has 108 valence electrons. The van der Waals surface area contributed by atoms with Crippen molar-refractivity contribution in [2.75, 3.05) is 37.4 Å². The third kappa shape index (κ3) is 3.41. The highest BCUT2D eigenvalue weighted by Crippen LogP contribution is 2.26. The molecule has 3 N–H and O–H groups in total. The van der Waals surface area contributed by atoms with Crippen LogP contribution in [0.5, 0.6) is 0 Å². The minimum Gasteiger partial charge on any atom is -0.398 e. The first-order valence-corrected chi connectivity index (χ1v) is 6.81. The molecule has 0 unspecified atom stereocenters. The molecule has 5 heteroatoms. The monoisotopic (exact) mass is 275 g/mol. The van der Waals surface area contributed by atoms with Crippen LogP contribution in [0, 0.1) is 11.3 Å². The molecule has 1 fully saturated rings. The number of rotatable bonds is 4. The van der Waals surface area contributed by atoms with Crippen LogP contribution in [0.15, 0.2) is 18.2 Å². The van der Waals surface area contributed by atoms with Gasteiger partial charge in [0.1, 0.15) is 0 Å². The fraction of sp³-hybridized carbons (Fsp3) is 0.533. The molecule has 0 amide bonds. The predicted octanol–water partition coefficient (Wildman–Crippen LogP) is 1.31. The average molecular weight is 275 g/mol. The van der Waals surface area contributed by atoms with Crippen LogP contribution < -0.4 is 10.6 Å². The van der Waals surface area contributed by atoms with Gasteiger partial charge in [0.2, 0.25) is 0 Å². The molecule has 0 radical (unpaired) electrons. The summed E-state index contributed by atoms with van der Waals surface area (Å²) in [5.74, 6) is 0. The standard InChI is InChI=1S/C15H21N3O2/c1-18(11-15(19)5-8-20-9-6-15)13-2-3-14(17)12(10-13)4-7-16/h2-3,10,19H,4-6,8-9,11,17H2,1H3. The average Bonchev–Trinajstić information content (AvgIpc) is 2.41. The number of nitrogens with two attached hydrogens (primary N) is 1. The van der Waals surface area contributed by atoms with Gasteiger partial charge in [0.05, 0.1) is 18.1 Å². The first-order valence-electron chi connectivity index (χ1n) is 6.81. The van der Waals surface area contributed by atoms with E-state index in [9.17, 15) is 5.11 Å². The molecular formula is C15H21N3O2. The Hall–Kier alpha value is -1.77. The van der Waals surface area contributed by atoms with Crippen molar-refractivity contribution in [2.45, 2.75) is 24.9 Å². The Kier molecular flexibility index (Phi) is 4.48. The number of benzene rings is 1. The molecule has 1 aliphatic heterocycles. The van der Waals surface area contributed by atoms with Gasteiger partial charge in [-0.2, -0.15) is 5.26 Å². The van der Waals surface area contributed by atoms with E-state index in [2.05, 4.69) is 6.07 Å². The molecule has 1 heterocycles. The summed E-state index contributed by atoms with van der Waals surface area (Å²) in [6, 6.07) is 7.76. The second-order valence-electron chi connectivity index (χ2n) is 5.41. The smallest absolute Gasteiger partial charge is 0.0865 e. The van der Waals surface area contributed by atoms with Crippen molar-refractivity contribution in [2.24, 2.45) is 0 Å². The van der Waals surface area contributed by atoms with Gasteiger partial charge in [-0.05, 0) is 23.8 Å². The zero-order valence-electron chi connectivity index (χ0n) is 11.8. The van der Waals surface area contributed by atoms with E-state index in [4.69, 9.17) is 15.7 Å². The molecule has 0 atom stereocenters. The van der Waals surface area contributed by atoms with Gasteiger partial charge in [-0.1, -0.05) is 0 Å². The van der Waals surface area contributed by atoms with Crippen LogP contribution in [0.3, 0.4) is 0 Å². The highest BCUT2D eigenvalue weighted by Gasteiger charge is 2.31. The summed E-state index contributed by atoms with van der Waals surface area (Å²) < 4.78 is 5.29. The number of likely N-dealkylation sites (N-methyl/N-ethyl adjacent to an activating group) is 1. The molecule has 1 saturated heterocycles. The molecule has 0 aliphatic carbocycles. The van der Waals surface area contributed by atoms with Crippen molar-refractivity contribution in [3.05, 3.63) is 23.8 Å². The van der Waals surface area contributed by atoms with Gasteiger partial charge in [0.15, 0.2) is 0 Å². The van der Waals surface area contributed by atoms with Crippen molar-refractivity contribution in [1.29, 1.82) is 5.26 Å². The number of hydrogen-bond donors (Lipinski definition) is 2. The minimum absolute atomic E-state index is 0.297. The summed E-state index contributed by atoms with van der Waals surface area (Å²) in [4.78, 5) is 2.01. The number of nitrogens with zero attached hydrogens (tertiary/aromatic N) is 2. The van der Waals surface area contributed by atoms with Gasteiger partial charge in [-0.15, -0.1) is 0 Å². The fourth-order valence-corrected chi connectivity index (χ4v) is 2.51. The van der Waals surface area contributed by atoms with Gasteiger partial charge < -0.3 is 20.5 Å². The van der Waals surface area contributed by atoms with E-state index in [0.717, 1.165) is 11.3 Å². The number of aliphatic hydroxyl groups is 1. The first kappa shape index (κ1) is 14.6. The lowest BCUT2D eigenvalue weighted by atomic mass is 9.93. The molecule has 1 aromatic carbocycles. The summed E-state index contributed by atoms with van der Waals surface area (Å²) in [5, 5.41) is 19.3. The van der Waals surface area contributed by atoms with Crippen LogP contribution in [0.25, 0.3) is 0 Å². The van der Waals surface area contributed by atoms with Gasteiger partial charge >= 0.3 is 0 Å². The minimum atomic E-state index is -0.705. The Morgan fingerprint density at radius 3 is 2.80 bits per heavy atom. The van der Waals surface area contributed by atoms with Crippen molar-refractivity contribution < 1.29 is 9.84 Å². The van der Waals surface area contributed by atoms with Crippen molar-refractivity contribution in [1.82, 2.24) is 0 Å². The van der Waals surface area contributed by atoms with Crippen molar-refractivity contribution >= 4 is 11.4 Å². The lowest BCUT2D eigenvalue weighted by Gasteiger charge is -2.36. The Morgan fingerprint density at radius 1 is 1.45 bits per heavy atom. The lowest BCUT2D eigenvalue weighted by molar-refractivity contribution is -0.0572. The summed E-state index contributed by atoms with van der Waals surface area (Å²) >= 11 is 0. The normalized spacial score (nSPS) is 17.4. The topological polar surface area (TPSA) is 82.5 Å². The maximum atomic E-state index is 10.5. The highest BCUT2D eigenvalue weighted by atomic mass is 16.5. The Bertz CT molecular complexity index is 504. The van der Waals surface area contributed by atoms with E-state index in [1.54, 1.807) is 0 Å². The zero-order chi connectivity index (χ0) is 14.6. The number of anilines is 2. The van der Waals surface area contributed by atoms with E-state index >= 15 is 0 Å². The largest absolute Gasteiger partial charge is 0.398 e. The molecule has 5 nitrogen and oxygen atoms in total. The number of nitrogen functional groups attached to an aromatic ring is 1. The molecule has 2 rings (SSSR count). The van der Waals surface area contributed by atoms with Gasteiger partial charge in [-0.25, -0.2) is 0 Å². The van der Waals surface area contributed by atoms with Crippen LogP contribution in [0.4, 0.5) is 11.4 Å². The van der Waals surface area contributed by atoms with E-state index in [1.807, 2.05) is 30.1 Å². The maximum Gasteiger partial charge on any atom is 0.0865 e. The molecular weight excluding hydrogens is 254 g/mol. The van der Waals surface area contributed by atoms with E-state index in [-0.39, 0.29) is 0 Å². The van der Waals surface area contributed by atoms with Crippen LogP contribution in [0.2, 0.25) is 0 Å². The maximum absolute atomic E-state index is 10.5. The number of ether oxygens (including phenoxy) is 1. The third-order valence-electron chi connectivity index (χ3n) is 3.79. The van der Waals surface area contributed by atoms with Gasteiger partial charge in [0.25, 0.3) is 0 Å². The molecule has 0 spiro atoms. The first-order chi connectivity index (χ1) is 9.54. The molecule has 0 aromatic heterocycles.